The predicted molar refractivity (Wildman–Crippen MR) is 80.6 cm³/mol. The van der Waals surface area contributed by atoms with Crippen LogP contribution in [0.25, 0.3) is 10.9 Å². The van der Waals surface area contributed by atoms with Crippen LogP contribution in [-0.2, 0) is 4.79 Å². The number of nitrogens with zero attached hydrogens (tertiary/aromatic N) is 1. The molecule has 0 spiro atoms. The molecule has 7 heteroatoms. The second-order valence-electron chi connectivity index (χ2n) is 4.61. The number of ketones is 1. The third-order valence-corrected chi connectivity index (χ3v) is 4.00. The molecule has 0 aliphatic rings. The van der Waals surface area contributed by atoms with Crippen molar-refractivity contribution in [2.75, 3.05) is 0 Å². The fraction of sp³-hybridized carbons (Fsp3) is 0.214. The van der Waals surface area contributed by atoms with Crippen molar-refractivity contribution in [3.8, 4) is 0 Å². The van der Waals surface area contributed by atoms with Crippen molar-refractivity contribution in [3.63, 3.8) is 0 Å². The Morgan fingerprint density at radius 2 is 1.90 bits per heavy atom. The number of carbonyl (C=O) groups excluding carboxylic acids is 1. The fourth-order valence-corrected chi connectivity index (χ4v) is 2.78. The van der Waals surface area contributed by atoms with Crippen LogP contribution in [0.15, 0.2) is 23.0 Å². The molecule has 0 saturated heterocycles. The van der Waals surface area contributed by atoms with Crippen LogP contribution < -0.4 is 5.56 Å². The summed E-state index contributed by atoms with van der Waals surface area (Å²) in [5.41, 5.74) is -0.294. The summed E-state index contributed by atoms with van der Waals surface area (Å²) in [6.07, 6.45) is 0. The molecular formula is C14H11Cl2NO4. The molecule has 0 aliphatic carbocycles. The predicted octanol–water partition coefficient (Wildman–Crippen LogP) is 3.16. The molecule has 0 radical (unpaired) electrons. The molecule has 0 saturated carbocycles. The first-order valence-corrected chi connectivity index (χ1v) is 6.78. The van der Waals surface area contributed by atoms with Gasteiger partial charge in [-0.2, -0.15) is 0 Å². The maximum atomic E-state index is 12.0. The first-order chi connectivity index (χ1) is 9.75. The van der Waals surface area contributed by atoms with Crippen molar-refractivity contribution in [2.24, 2.45) is 0 Å². The van der Waals surface area contributed by atoms with E-state index in [2.05, 4.69) is 0 Å². The van der Waals surface area contributed by atoms with Gasteiger partial charge < -0.3 is 5.11 Å². The zero-order chi connectivity index (χ0) is 15.9. The third kappa shape index (κ3) is 2.54. The number of hydrogen-bond acceptors (Lipinski definition) is 3. The second kappa shape index (κ2) is 5.50. The lowest BCUT2D eigenvalue weighted by Crippen LogP contribution is -2.26. The Kier molecular flexibility index (Phi) is 4.07. The van der Waals surface area contributed by atoms with Crippen LogP contribution in [-0.4, -0.2) is 21.4 Å². The minimum atomic E-state index is -1.26. The Bertz CT molecular complexity index is 826. The number of halogens is 2. The molecule has 0 aliphatic heterocycles. The largest absolute Gasteiger partial charge is 0.478 e. The number of benzene rings is 1. The van der Waals surface area contributed by atoms with Crippen molar-refractivity contribution in [1.29, 1.82) is 0 Å². The maximum absolute atomic E-state index is 12.0. The van der Waals surface area contributed by atoms with Crippen molar-refractivity contribution in [1.82, 2.24) is 4.57 Å². The molecule has 21 heavy (non-hydrogen) atoms. The van der Waals surface area contributed by atoms with Crippen molar-refractivity contribution < 1.29 is 14.7 Å². The van der Waals surface area contributed by atoms with E-state index in [0.29, 0.717) is 10.9 Å². The molecule has 0 fully saturated rings. The highest BCUT2D eigenvalue weighted by Gasteiger charge is 2.21. The summed E-state index contributed by atoms with van der Waals surface area (Å²) in [4.78, 5) is 34.8. The minimum Gasteiger partial charge on any atom is -0.478 e. The quantitative estimate of drug-likeness (QED) is 0.939. The molecule has 1 N–H and O–H groups in total. The van der Waals surface area contributed by atoms with E-state index in [1.807, 2.05) is 0 Å². The minimum absolute atomic E-state index is 0.0606. The van der Waals surface area contributed by atoms with Gasteiger partial charge in [0.05, 0.1) is 27.2 Å². The van der Waals surface area contributed by atoms with E-state index < -0.39 is 12.0 Å². The lowest BCUT2D eigenvalue weighted by Gasteiger charge is -2.17. The molecule has 1 aromatic carbocycles. The van der Waals surface area contributed by atoms with Crippen LogP contribution >= 0.6 is 23.2 Å². The zero-order valence-corrected chi connectivity index (χ0v) is 12.7. The highest BCUT2D eigenvalue weighted by atomic mass is 35.5. The number of rotatable bonds is 3. The molecular weight excluding hydrogens is 317 g/mol. The standard InChI is InChI=1S/C14H11Cl2NO4/c1-6(7(2)18)17-10-5-9(15)12(14(20)21)13(16)8(10)3-4-11(17)19/h3-6H,1-2H3,(H,20,21). The van der Waals surface area contributed by atoms with Gasteiger partial charge in [-0.1, -0.05) is 23.2 Å². The highest BCUT2D eigenvalue weighted by molar-refractivity contribution is 6.42. The number of Topliss-reactive ketones (excluding diaryl/α,β-unsaturated/α-hetero) is 1. The van der Waals surface area contributed by atoms with E-state index >= 15 is 0 Å². The van der Waals surface area contributed by atoms with Crippen molar-refractivity contribution in [3.05, 3.63) is 44.2 Å². The molecule has 1 unspecified atom stereocenters. The Morgan fingerprint density at radius 3 is 2.43 bits per heavy atom. The average molecular weight is 328 g/mol. The first-order valence-electron chi connectivity index (χ1n) is 6.02. The lowest BCUT2D eigenvalue weighted by molar-refractivity contribution is -0.119. The van der Waals surface area contributed by atoms with Crippen LogP contribution in [0.5, 0.6) is 0 Å². The third-order valence-electron chi connectivity index (χ3n) is 3.31. The SMILES string of the molecule is CC(=O)C(C)n1c(=O)ccc2c(Cl)c(C(=O)O)c(Cl)cc21. The first kappa shape index (κ1) is 15.5. The summed E-state index contributed by atoms with van der Waals surface area (Å²) in [6.45, 7) is 2.95. The van der Waals surface area contributed by atoms with Gasteiger partial charge in [0, 0.05) is 11.5 Å². The molecule has 0 amide bonds. The molecule has 2 rings (SSSR count). The van der Waals surface area contributed by atoms with Crippen molar-refractivity contribution in [2.45, 2.75) is 19.9 Å². The number of carbonyl (C=O) groups is 2. The van der Waals surface area contributed by atoms with Crippen LogP contribution in [0.1, 0.15) is 30.2 Å². The van der Waals surface area contributed by atoms with Crippen molar-refractivity contribution >= 4 is 45.9 Å². The Balaban J connectivity index is 2.96. The highest BCUT2D eigenvalue weighted by Crippen LogP contribution is 2.33. The summed E-state index contributed by atoms with van der Waals surface area (Å²) >= 11 is 12.0. The smallest absolute Gasteiger partial charge is 0.338 e. The van der Waals surface area contributed by atoms with E-state index in [1.165, 1.54) is 29.7 Å². The monoisotopic (exact) mass is 327 g/mol. The van der Waals surface area contributed by atoms with Crippen LogP contribution in [0, 0.1) is 0 Å². The summed E-state index contributed by atoms with van der Waals surface area (Å²) < 4.78 is 1.25. The van der Waals surface area contributed by atoms with E-state index in [9.17, 15) is 14.4 Å². The molecule has 1 aromatic heterocycles. The molecule has 110 valence electrons. The number of carboxylic acids is 1. The van der Waals surface area contributed by atoms with E-state index in [4.69, 9.17) is 28.3 Å². The van der Waals surface area contributed by atoms with Gasteiger partial charge >= 0.3 is 5.97 Å². The average Bonchev–Trinajstić information content (AvgIpc) is 2.37. The molecule has 1 atom stereocenters. The van der Waals surface area contributed by atoms with Gasteiger partial charge in [0.1, 0.15) is 0 Å². The van der Waals surface area contributed by atoms with Crippen LogP contribution in [0.2, 0.25) is 10.0 Å². The Labute approximate surface area is 129 Å². The normalized spacial score (nSPS) is 12.4. The van der Waals surface area contributed by atoms with Gasteiger partial charge in [0.25, 0.3) is 5.56 Å². The second-order valence-corrected chi connectivity index (χ2v) is 5.40. The summed E-state index contributed by atoms with van der Waals surface area (Å²) in [5.74, 6) is -1.47. The van der Waals surface area contributed by atoms with Gasteiger partial charge in [-0.15, -0.1) is 0 Å². The van der Waals surface area contributed by atoms with E-state index in [0.717, 1.165) is 0 Å². The number of pyridine rings is 1. The van der Waals surface area contributed by atoms with E-state index in [1.54, 1.807) is 6.92 Å². The Hall–Kier alpha value is -1.85. The number of hydrogen-bond donors (Lipinski definition) is 1. The Morgan fingerprint density at radius 1 is 1.29 bits per heavy atom. The zero-order valence-electron chi connectivity index (χ0n) is 11.2. The topological polar surface area (TPSA) is 76.4 Å². The summed E-state index contributed by atoms with van der Waals surface area (Å²) in [5, 5.41) is 9.34. The number of fused-ring (bicyclic) bond motifs is 1. The van der Waals surface area contributed by atoms with Crippen LogP contribution in [0.3, 0.4) is 0 Å². The fourth-order valence-electron chi connectivity index (χ4n) is 2.11. The summed E-state index contributed by atoms with van der Waals surface area (Å²) in [6, 6.07) is 3.30. The maximum Gasteiger partial charge on any atom is 0.338 e. The molecule has 2 aromatic rings. The van der Waals surface area contributed by atoms with E-state index in [-0.39, 0.29) is 27.0 Å². The number of aromatic carboxylic acids is 1. The lowest BCUT2D eigenvalue weighted by atomic mass is 10.1. The molecule has 1 heterocycles. The van der Waals surface area contributed by atoms with Gasteiger partial charge in [-0.25, -0.2) is 4.79 Å². The van der Waals surface area contributed by atoms with Gasteiger partial charge in [-0.05, 0) is 26.0 Å². The van der Waals surface area contributed by atoms with Gasteiger partial charge in [-0.3, -0.25) is 14.2 Å². The number of aromatic nitrogens is 1. The molecule has 0 bridgehead atoms. The number of carboxylic acid groups (broad SMARTS) is 1. The summed E-state index contributed by atoms with van der Waals surface area (Å²) in [7, 11) is 0. The van der Waals surface area contributed by atoms with Gasteiger partial charge in [0.2, 0.25) is 0 Å². The molecule has 5 nitrogen and oxygen atoms in total. The van der Waals surface area contributed by atoms with Gasteiger partial charge in [0.15, 0.2) is 5.78 Å². The van der Waals surface area contributed by atoms with Crippen LogP contribution in [0.4, 0.5) is 0 Å².